The number of hydrogen-bond acceptors (Lipinski definition) is 2. The quantitative estimate of drug-likeness (QED) is 0.794. The number of H-pyrrole nitrogens is 1. The normalized spacial score (nSPS) is 22.5. The van der Waals surface area contributed by atoms with Crippen LogP contribution in [0, 0.1) is 5.92 Å². The third kappa shape index (κ3) is 2.40. The predicted octanol–water partition coefficient (Wildman–Crippen LogP) is 1.81. The number of nitrogens with zero attached hydrogens (tertiary/aromatic N) is 1. The zero-order valence-corrected chi connectivity index (χ0v) is 9.71. The molecule has 1 aliphatic carbocycles. The molecule has 3 nitrogen and oxygen atoms in total. The minimum atomic E-state index is 0.328. The average molecular weight is 207 g/mol. The molecule has 2 unspecified atom stereocenters. The summed E-state index contributed by atoms with van der Waals surface area (Å²) in [5.41, 5.74) is 8.48. The van der Waals surface area contributed by atoms with Crippen molar-refractivity contribution in [1.82, 2.24) is 9.97 Å². The standard InChI is InChI=1S/C12H21N3/c1-3-8(2)6-12-14-10-5-4-9(13)7-11(10)15-12/h8-9H,3-7,13H2,1-2H3,(H,14,15). The van der Waals surface area contributed by atoms with Crippen LogP contribution in [-0.2, 0) is 19.3 Å². The zero-order valence-electron chi connectivity index (χ0n) is 9.71. The number of aromatic amines is 1. The lowest BCUT2D eigenvalue weighted by atomic mass is 9.97. The Hall–Kier alpha value is -0.830. The van der Waals surface area contributed by atoms with Gasteiger partial charge < -0.3 is 10.7 Å². The lowest BCUT2D eigenvalue weighted by Gasteiger charge is -2.16. The highest BCUT2D eigenvalue weighted by molar-refractivity contribution is 5.19. The molecule has 0 radical (unpaired) electrons. The fraction of sp³-hybridized carbons (Fsp3) is 0.750. The van der Waals surface area contributed by atoms with Gasteiger partial charge in [0.15, 0.2) is 0 Å². The van der Waals surface area contributed by atoms with Crippen LogP contribution in [0.25, 0.3) is 0 Å². The molecule has 2 atom stereocenters. The Morgan fingerprint density at radius 2 is 2.40 bits per heavy atom. The maximum Gasteiger partial charge on any atom is 0.106 e. The Morgan fingerprint density at radius 3 is 3.13 bits per heavy atom. The first-order valence-corrected chi connectivity index (χ1v) is 6.01. The maximum atomic E-state index is 5.94. The first-order chi connectivity index (χ1) is 7.19. The van der Waals surface area contributed by atoms with Crippen LogP contribution in [0.3, 0.4) is 0 Å². The van der Waals surface area contributed by atoms with E-state index < -0.39 is 0 Å². The fourth-order valence-corrected chi connectivity index (χ4v) is 2.14. The third-order valence-electron chi connectivity index (χ3n) is 3.37. The predicted molar refractivity (Wildman–Crippen MR) is 61.7 cm³/mol. The van der Waals surface area contributed by atoms with Crippen molar-refractivity contribution in [3.8, 4) is 0 Å². The van der Waals surface area contributed by atoms with Crippen molar-refractivity contribution in [2.45, 2.75) is 52.0 Å². The molecule has 84 valence electrons. The summed E-state index contributed by atoms with van der Waals surface area (Å²) in [6.45, 7) is 4.50. The highest BCUT2D eigenvalue weighted by Gasteiger charge is 2.19. The van der Waals surface area contributed by atoms with Gasteiger partial charge in [-0.2, -0.15) is 0 Å². The number of hydrogen-bond donors (Lipinski definition) is 2. The Balaban J connectivity index is 2.09. The molecule has 0 fully saturated rings. The van der Waals surface area contributed by atoms with E-state index in [0.29, 0.717) is 12.0 Å². The van der Waals surface area contributed by atoms with Crippen LogP contribution < -0.4 is 5.73 Å². The van der Waals surface area contributed by atoms with E-state index in [1.807, 2.05) is 0 Å². The number of aryl methyl sites for hydroxylation is 1. The van der Waals surface area contributed by atoms with Gasteiger partial charge in [0.2, 0.25) is 0 Å². The lowest BCUT2D eigenvalue weighted by Crippen LogP contribution is -2.27. The fourth-order valence-electron chi connectivity index (χ4n) is 2.14. The van der Waals surface area contributed by atoms with Crippen molar-refractivity contribution in [1.29, 1.82) is 0 Å². The first-order valence-electron chi connectivity index (χ1n) is 6.01. The van der Waals surface area contributed by atoms with Gasteiger partial charge in [0.1, 0.15) is 5.82 Å². The Morgan fingerprint density at radius 1 is 1.60 bits per heavy atom. The smallest absolute Gasteiger partial charge is 0.106 e. The molecule has 0 amide bonds. The Labute approximate surface area is 91.5 Å². The van der Waals surface area contributed by atoms with E-state index in [-0.39, 0.29) is 0 Å². The second kappa shape index (κ2) is 4.35. The number of nitrogens with one attached hydrogen (secondary N) is 1. The molecule has 0 spiro atoms. The van der Waals surface area contributed by atoms with Crippen molar-refractivity contribution < 1.29 is 0 Å². The second-order valence-electron chi connectivity index (χ2n) is 4.83. The highest BCUT2D eigenvalue weighted by atomic mass is 14.9. The summed E-state index contributed by atoms with van der Waals surface area (Å²) in [6.07, 6.45) is 5.39. The molecular weight excluding hydrogens is 186 g/mol. The van der Waals surface area contributed by atoms with Gasteiger partial charge in [0, 0.05) is 24.6 Å². The minimum Gasteiger partial charge on any atom is -0.346 e. The SMILES string of the molecule is CCC(C)Cc1nc2c([nH]1)CC(N)CC2. The van der Waals surface area contributed by atoms with E-state index >= 15 is 0 Å². The van der Waals surface area contributed by atoms with E-state index in [0.717, 1.165) is 31.5 Å². The van der Waals surface area contributed by atoms with Gasteiger partial charge in [-0.15, -0.1) is 0 Å². The molecule has 0 aliphatic heterocycles. The molecule has 2 rings (SSSR count). The molecule has 3 heteroatoms. The monoisotopic (exact) mass is 207 g/mol. The van der Waals surface area contributed by atoms with Crippen LogP contribution in [-0.4, -0.2) is 16.0 Å². The van der Waals surface area contributed by atoms with Crippen LogP contribution in [0.2, 0.25) is 0 Å². The second-order valence-corrected chi connectivity index (χ2v) is 4.83. The van der Waals surface area contributed by atoms with E-state index in [1.165, 1.54) is 17.8 Å². The van der Waals surface area contributed by atoms with Crippen LogP contribution in [0.15, 0.2) is 0 Å². The number of aromatic nitrogens is 2. The number of imidazole rings is 1. The van der Waals surface area contributed by atoms with Gasteiger partial charge in [-0.3, -0.25) is 0 Å². The summed E-state index contributed by atoms with van der Waals surface area (Å²) in [7, 11) is 0. The highest BCUT2D eigenvalue weighted by Crippen LogP contribution is 2.19. The lowest BCUT2D eigenvalue weighted by molar-refractivity contribution is 0.545. The molecule has 1 aromatic rings. The van der Waals surface area contributed by atoms with Crippen molar-refractivity contribution >= 4 is 0 Å². The Bertz CT molecular complexity index is 330. The van der Waals surface area contributed by atoms with E-state index in [2.05, 4.69) is 23.8 Å². The minimum absolute atomic E-state index is 0.328. The topological polar surface area (TPSA) is 54.7 Å². The van der Waals surface area contributed by atoms with Crippen LogP contribution in [0.1, 0.15) is 43.9 Å². The number of rotatable bonds is 3. The van der Waals surface area contributed by atoms with Crippen molar-refractivity contribution in [3.63, 3.8) is 0 Å². The summed E-state index contributed by atoms with van der Waals surface area (Å²) >= 11 is 0. The van der Waals surface area contributed by atoms with Gasteiger partial charge in [-0.05, 0) is 18.8 Å². The van der Waals surface area contributed by atoms with Gasteiger partial charge in [-0.25, -0.2) is 4.98 Å². The summed E-state index contributed by atoms with van der Waals surface area (Å²) in [4.78, 5) is 8.10. The molecule has 0 saturated carbocycles. The molecule has 15 heavy (non-hydrogen) atoms. The van der Waals surface area contributed by atoms with Crippen LogP contribution in [0.4, 0.5) is 0 Å². The summed E-state index contributed by atoms with van der Waals surface area (Å²) in [5.74, 6) is 1.87. The van der Waals surface area contributed by atoms with Crippen molar-refractivity contribution in [3.05, 3.63) is 17.2 Å². The Kier molecular flexibility index (Phi) is 3.10. The molecule has 0 aromatic carbocycles. The summed E-state index contributed by atoms with van der Waals surface area (Å²) in [5, 5.41) is 0. The molecule has 0 bridgehead atoms. The van der Waals surface area contributed by atoms with Crippen molar-refractivity contribution in [2.24, 2.45) is 11.7 Å². The van der Waals surface area contributed by atoms with E-state index in [4.69, 9.17) is 5.73 Å². The zero-order chi connectivity index (χ0) is 10.8. The number of fused-ring (bicyclic) bond motifs is 1. The molecule has 1 heterocycles. The first kappa shape index (κ1) is 10.7. The van der Waals surface area contributed by atoms with Crippen LogP contribution in [0.5, 0.6) is 0 Å². The summed E-state index contributed by atoms with van der Waals surface area (Å²) in [6, 6.07) is 0.328. The van der Waals surface area contributed by atoms with Gasteiger partial charge in [-0.1, -0.05) is 20.3 Å². The van der Waals surface area contributed by atoms with Gasteiger partial charge in [0.25, 0.3) is 0 Å². The maximum absolute atomic E-state index is 5.94. The summed E-state index contributed by atoms with van der Waals surface area (Å²) < 4.78 is 0. The largest absolute Gasteiger partial charge is 0.346 e. The third-order valence-corrected chi connectivity index (χ3v) is 3.37. The van der Waals surface area contributed by atoms with Gasteiger partial charge >= 0.3 is 0 Å². The molecular formula is C12H21N3. The molecule has 1 aliphatic rings. The number of nitrogens with two attached hydrogens (primary N) is 1. The van der Waals surface area contributed by atoms with E-state index in [9.17, 15) is 0 Å². The van der Waals surface area contributed by atoms with Gasteiger partial charge in [0.05, 0.1) is 5.69 Å². The molecule has 3 N–H and O–H groups in total. The molecule has 1 aromatic heterocycles. The van der Waals surface area contributed by atoms with Crippen molar-refractivity contribution in [2.75, 3.05) is 0 Å². The van der Waals surface area contributed by atoms with Crippen LogP contribution >= 0.6 is 0 Å². The molecule has 0 saturated heterocycles. The van der Waals surface area contributed by atoms with E-state index in [1.54, 1.807) is 0 Å². The average Bonchev–Trinajstić information content (AvgIpc) is 2.59.